The second-order valence-electron chi connectivity index (χ2n) is 6.85. The van der Waals surface area contributed by atoms with E-state index in [-0.39, 0.29) is 18.1 Å². The first-order valence-electron chi connectivity index (χ1n) is 9.37. The number of hydrogen-bond donors (Lipinski definition) is 2. The van der Waals surface area contributed by atoms with E-state index < -0.39 is 0 Å². The van der Waals surface area contributed by atoms with E-state index in [0.29, 0.717) is 25.5 Å². The number of rotatable bonds is 4. The minimum Gasteiger partial charge on any atom is -0.450 e. The highest BCUT2D eigenvalue weighted by atomic mass is 16.6. The molecule has 27 heavy (non-hydrogen) atoms. The highest BCUT2D eigenvalue weighted by molar-refractivity contribution is 5.69. The molecule has 1 amide bonds. The van der Waals surface area contributed by atoms with Crippen molar-refractivity contribution in [1.82, 2.24) is 14.9 Å². The van der Waals surface area contributed by atoms with Gasteiger partial charge in [0.05, 0.1) is 12.3 Å². The summed E-state index contributed by atoms with van der Waals surface area (Å²) in [5.41, 5.74) is 10.2. The molecule has 2 heterocycles. The van der Waals surface area contributed by atoms with Crippen molar-refractivity contribution in [3.05, 3.63) is 35.4 Å². The van der Waals surface area contributed by atoms with Crippen LogP contribution in [0.2, 0.25) is 0 Å². The van der Waals surface area contributed by atoms with Gasteiger partial charge in [-0.2, -0.15) is 4.98 Å². The normalized spacial score (nSPS) is 14.9. The Kier molecular flexibility index (Phi) is 5.78. The second kappa shape index (κ2) is 8.24. The largest absolute Gasteiger partial charge is 0.450 e. The number of nitrogen functional groups attached to an aromatic ring is 1. The molecule has 2 aromatic rings. The molecule has 1 aromatic carbocycles. The molecule has 7 nitrogen and oxygen atoms in total. The smallest absolute Gasteiger partial charge is 0.409 e. The van der Waals surface area contributed by atoms with Crippen LogP contribution in [-0.4, -0.2) is 46.7 Å². The molecule has 3 rings (SSSR count). The number of nitrogens with two attached hydrogens (primary N) is 1. The van der Waals surface area contributed by atoms with Crippen molar-refractivity contribution in [1.29, 1.82) is 0 Å². The maximum atomic E-state index is 11.8. The fraction of sp³-hybridized carbons (Fsp3) is 0.450. The first-order chi connectivity index (χ1) is 13.0. The summed E-state index contributed by atoms with van der Waals surface area (Å²) in [4.78, 5) is 22.3. The van der Waals surface area contributed by atoms with Crippen molar-refractivity contribution in [2.24, 2.45) is 0 Å². The molecule has 0 aliphatic carbocycles. The number of benzene rings is 1. The van der Waals surface area contributed by atoms with Gasteiger partial charge in [-0.25, -0.2) is 9.78 Å². The zero-order chi connectivity index (χ0) is 19.4. The van der Waals surface area contributed by atoms with Crippen molar-refractivity contribution in [3.63, 3.8) is 0 Å². The topological polar surface area (TPSA) is 93.4 Å². The summed E-state index contributed by atoms with van der Waals surface area (Å²) in [5, 5.41) is 3.45. The molecule has 1 fully saturated rings. The SMILES string of the molecule is CCOC(=O)N1CCC(Nc2cc(-c3cccc(C)c3C)nc(N)n2)CC1. The first kappa shape index (κ1) is 18.9. The summed E-state index contributed by atoms with van der Waals surface area (Å²) in [7, 11) is 0. The molecule has 144 valence electrons. The fourth-order valence-corrected chi connectivity index (χ4v) is 3.34. The Labute approximate surface area is 159 Å². The number of carbonyl (C=O) groups is 1. The van der Waals surface area contributed by atoms with Crippen LogP contribution >= 0.6 is 0 Å². The third-order valence-electron chi connectivity index (χ3n) is 5.00. The number of hydrogen-bond acceptors (Lipinski definition) is 6. The van der Waals surface area contributed by atoms with Gasteiger partial charge >= 0.3 is 6.09 Å². The molecule has 1 aliphatic heterocycles. The lowest BCUT2D eigenvalue weighted by molar-refractivity contribution is 0.0983. The summed E-state index contributed by atoms with van der Waals surface area (Å²) in [6, 6.07) is 8.33. The quantitative estimate of drug-likeness (QED) is 0.858. The van der Waals surface area contributed by atoms with E-state index in [1.165, 1.54) is 11.1 Å². The molecule has 0 atom stereocenters. The average molecular weight is 369 g/mol. The number of aryl methyl sites for hydroxylation is 1. The Bertz CT molecular complexity index is 816. The highest BCUT2D eigenvalue weighted by Crippen LogP contribution is 2.27. The standard InChI is InChI=1S/C20H27N5O2/c1-4-27-20(26)25-10-8-15(9-11-25)22-18-12-17(23-19(21)24-18)16-7-5-6-13(2)14(16)3/h5-7,12,15H,4,8-11H2,1-3H3,(H3,21,22,23,24). The number of likely N-dealkylation sites (tertiary alicyclic amines) is 1. The van der Waals surface area contributed by atoms with E-state index in [4.69, 9.17) is 10.5 Å². The molecule has 1 aromatic heterocycles. The van der Waals surface area contributed by atoms with Gasteiger partial charge in [-0.05, 0) is 44.7 Å². The number of nitrogens with zero attached hydrogens (tertiary/aromatic N) is 3. The van der Waals surface area contributed by atoms with E-state index in [1.54, 1.807) is 4.90 Å². The zero-order valence-corrected chi connectivity index (χ0v) is 16.2. The Balaban J connectivity index is 1.71. The fourth-order valence-electron chi connectivity index (χ4n) is 3.34. The van der Waals surface area contributed by atoms with E-state index in [0.717, 1.165) is 24.1 Å². The van der Waals surface area contributed by atoms with Gasteiger partial charge in [0.15, 0.2) is 0 Å². The second-order valence-corrected chi connectivity index (χ2v) is 6.85. The predicted molar refractivity (Wildman–Crippen MR) is 107 cm³/mol. The predicted octanol–water partition coefficient (Wildman–Crippen LogP) is 3.38. The summed E-state index contributed by atoms with van der Waals surface area (Å²) in [5.74, 6) is 0.966. The van der Waals surface area contributed by atoms with Crippen molar-refractivity contribution in [2.75, 3.05) is 30.7 Å². The van der Waals surface area contributed by atoms with Crippen LogP contribution in [0.1, 0.15) is 30.9 Å². The lowest BCUT2D eigenvalue weighted by atomic mass is 10.0. The zero-order valence-electron chi connectivity index (χ0n) is 16.2. The minimum atomic E-state index is -0.237. The van der Waals surface area contributed by atoms with Crippen LogP contribution in [-0.2, 0) is 4.74 Å². The molecule has 0 radical (unpaired) electrons. The van der Waals surface area contributed by atoms with Gasteiger partial charge in [0, 0.05) is 30.8 Å². The minimum absolute atomic E-state index is 0.233. The Morgan fingerprint density at radius 2 is 2.04 bits per heavy atom. The Hall–Kier alpha value is -2.83. The number of piperidine rings is 1. The number of ether oxygens (including phenoxy) is 1. The molecule has 0 bridgehead atoms. The summed E-state index contributed by atoms with van der Waals surface area (Å²) < 4.78 is 5.07. The lowest BCUT2D eigenvalue weighted by Gasteiger charge is -2.31. The van der Waals surface area contributed by atoms with Crippen molar-refractivity contribution < 1.29 is 9.53 Å². The maximum Gasteiger partial charge on any atom is 0.409 e. The number of amides is 1. The van der Waals surface area contributed by atoms with Crippen LogP contribution in [0.25, 0.3) is 11.3 Å². The van der Waals surface area contributed by atoms with Gasteiger partial charge in [-0.3, -0.25) is 0 Å². The van der Waals surface area contributed by atoms with Gasteiger partial charge < -0.3 is 20.7 Å². The molecule has 1 saturated heterocycles. The number of aromatic nitrogens is 2. The molecular weight excluding hydrogens is 342 g/mol. The molecule has 0 saturated carbocycles. The van der Waals surface area contributed by atoms with Crippen molar-refractivity contribution in [2.45, 2.75) is 39.7 Å². The Morgan fingerprint density at radius 1 is 1.30 bits per heavy atom. The van der Waals surface area contributed by atoms with Gasteiger partial charge in [-0.15, -0.1) is 0 Å². The van der Waals surface area contributed by atoms with Crippen LogP contribution < -0.4 is 11.1 Å². The molecule has 0 unspecified atom stereocenters. The average Bonchev–Trinajstić information content (AvgIpc) is 2.64. The van der Waals surface area contributed by atoms with Crippen LogP contribution in [0, 0.1) is 13.8 Å². The van der Waals surface area contributed by atoms with Crippen LogP contribution in [0.5, 0.6) is 0 Å². The molecule has 1 aliphatic rings. The molecular formula is C20H27N5O2. The Morgan fingerprint density at radius 3 is 2.74 bits per heavy atom. The van der Waals surface area contributed by atoms with Gasteiger partial charge in [0.2, 0.25) is 5.95 Å². The van der Waals surface area contributed by atoms with Gasteiger partial charge in [0.25, 0.3) is 0 Å². The summed E-state index contributed by atoms with van der Waals surface area (Å²) in [6.07, 6.45) is 1.43. The summed E-state index contributed by atoms with van der Waals surface area (Å²) in [6.45, 7) is 7.72. The number of anilines is 2. The monoisotopic (exact) mass is 369 g/mol. The van der Waals surface area contributed by atoms with Gasteiger partial charge in [-0.1, -0.05) is 18.2 Å². The van der Waals surface area contributed by atoms with E-state index >= 15 is 0 Å². The lowest BCUT2D eigenvalue weighted by Crippen LogP contribution is -2.42. The van der Waals surface area contributed by atoms with Crippen LogP contribution in [0.4, 0.5) is 16.6 Å². The van der Waals surface area contributed by atoms with Gasteiger partial charge in [0.1, 0.15) is 5.82 Å². The van der Waals surface area contributed by atoms with Crippen LogP contribution in [0.15, 0.2) is 24.3 Å². The highest BCUT2D eigenvalue weighted by Gasteiger charge is 2.24. The van der Waals surface area contributed by atoms with Crippen LogP contribution in [0.3, 0.4) is 0 Å². The van der Waals surface area contributed by atoms with E-state index in [2.05, 4.69) is 35.2 Å². The van der Waals surface area contributed by atoms with E-state index in [1.807, 2.05) is 25.1 Å². The van der Waals surface area contributed by atoms with Crippen molar-refractivity contribution in [3.8, 4) is 11.3 Å². The van der Waals surface area contributed by atoms with E-state index in [9.17, 15) is 4.79 Å². The molecule has 7 heteroatoms. The summed E-state index contributed by atoms with van der Waals surface area (Å²) >= 11 is 0. The first-order valence-corrected chi connectivity index (χ1v) is 9.37. The van der Waals surface area contributed by atoms with Crippen molar-refractivity contribution >= 4 is 17.9 Å². The third-order valence-corrected chi connectivity index (χ3v) is 5.00. The third kappa shape index (κ3) is 4.48. The molecule has 3 N–H and O–H groups in total. The molecule has 0 spiro atoms. The number of carbonyl (C=O) groups excluding carboxylic acids is 1. The number of nitrogens with one attached hydrogen (secondary N) is 1. The maximum absolute atomic E-state index is 11.8.